The minimum Gasteiger partial charge on any atom is -0.456 e. The molecule has 2 heterocycles. The lowest BCUT2D eigenvalue weighted by molar-refractivity contribution is 0.669. The second-order valence-electron chi connectivity index (χ2n) is 11.2. The number of para-hydroxylation sites is 1. The van der Waals surface area contributed by atoms with Gasteiger partial charge in [-0.15, -0.1) is 0 Å². The van der Waals surface area contributed by atoms with Gasteiger partial charge in [0.15, 0.2) is 17.5 Å². The fourth-order valence-electron chi connectivity index (χ4n) is 6.06. The van der Waals surface area contributed by atoms with Crippen molar-refractivity contribution < 1.29 is 25.0 Å². The zero-order chi connectivity index (χ0) is 45.4. The van der Waals surface area contributed by atoms with Gasteiger partial charge in [0.2, 0.25) is 0 Å². The number of aromatic nitrogens is 3. The molecule has 49 heavy (non-hydrogen) atoms. The van der Waals surface area contributed by atoms with Crippen molar-refractivity contribution in [3.05, 3.63) is 163 Å². The summed E-state index contributed by atoms with van der Waals surface area (Å²) in [7, 11) is 0. The average molecular weight is 641 g/mol. The highest BCUT2D eigenvalue weighted by atomic mass is 16.3. The van der Waals surface area contributed by atoms with Gasteiger partial charge in [0.1, 0.15) is 11.2 Å². The minimum atomic E-state index is -0.781. The summed E-state index contributed by atoms with van der Waals surface area (Å²) < 4.78 is 141. The molecule has 0 fully saturated rings. The highest BCUT2D eigenvalue weighted by Gasteiger charge is 2.16. The van der Waals surface area contributed by atoms with E-state index in [-0.39, 0.29) is 50.0 Å². The van der Waals surface area contributed by atoms with Crippen molar-refractivity contribution in [3.8, 4) is 45.3 Å². The maximum atomic E-state index is 9.70. The maximum absolute atomic E-state index is 9.70. The van der Waals surface area contributed by atoms with Gasteiger partial charge >= 0.3 is 0 Å². The monoisotopic (exact) mass is 640 g/mol. The van der Waals surface area contributed by atoms with E-state index >= 15 is 0 Å². The van der Waals surface area contributed by atoms with Crippen LogP contribution in [0.25, 0.3) is 99.5 Å². The molecule has 0 aliphatic rings. The van der Waals surface area contributed by atoms with Crippen molar-refractivity contribution >= 4 is 54.3 Å². The lowest BCUT2D eigenvalue weighted by atomic mass is 9.92. The summed E-state index contributed by atoms with van der Waals surface area (Å²) in [4.78, 5) is 14.1. The third-order valence-corrected chi connectivity index (χ3v) is 8.34. The molecule has 4 heteroatoms. The van der Waals surface area contributed by atoms with E-state index in [0.717, 1.165) is 10.8 Å². The van der Waals surface area contributed by atoms with Gasteiger partial charge in [-0.05, 0) is 73.7 Å². The van der Waals surface area contributed by atoms with Crippen molar-refractivity contribution in [1.29, 1.82) is 0 Å². The van der Waals surface area contributed by atoms with E-state index in [1.54, 1.807) is 42.5 Å². The molecule has 0 radical (unpaired) electrons. The molecule has 4 nitrogen and oxygen atoms in total. The summed E-state index contributed by atoms with van der Waals surface area (Å²) in [5.74, 6) is -0.0258. The van der Waals surface area contributed by atoms with E-state index in [1.807, 2.05) is 30.3 Å². The second-order valence-corrected chi connectivity index (χ2v) is 11.2. The van der Waals surface area contributed by atoms with Gasteiger partial charge in [-0.25, -0.2) is 15.0 Å². The number of benzene rings is 8. The van der Waals surface area contributed by atoms with E-state index in [1.165, 1.54) is 0 Å². The Labute approximate surface area is 303 Å². The minimum absolute atomic E-state index is 0.103. The van der Waals surface area contributed by atoms with E-state index in [9.17, 15) is 5.48 Å². The van der Waals surface area contributed by atoms with Crippen LogP contribution in [0.3, 0.4) is 0 Å². The SMILES string of the molecule is [2H]c1c([2H])c(-c2nc(-c3ccccc3)nc(-c3ccc4c(c3)oc3ccccc34)n2)c([2H])c(-c2c([2H])c([2H])c3c4c([2H])c([2H])c([2H])c([2H])c4c4c([2H])c([2H])c([2H])c([2H])c4c3c2[2H])c1[2H]. The molecule has 0 unspecified atom stereocenters. The van der Waals surface area contributed by atoms with Crippen LogP contribution in [-0.4, -0.2) is 15.0 Å². The zero-order valence-corrected chi connectivity index (χ0v) is 25.2. The molecule has 0 saturated heterocycles. The Kier molecular flexibility index (Phi) is 3.68. The van der Waals surface area contributed by atoms with Crippen LogP contribution in [0.4, 0.5) is 0 Å². The molecule has 10 aromatic rings. The number of hydrogen-bond acceptors (Lipinski definition) is 4. The largest absolute Gasteiger partial charge is 0.456 e. The summed E-state index contributed by atoms with van der Waals surface area (Å²) in [6.45, 7) is 0. The second kappa shape index (κ2) is 11.0. The summed E-state index contributed by atoms with van der Waals surface area (Å²) in [5.41, 5.74) is 0.736. The molecule has 8 aromatic carbocycles. The molecular weight excluding hydrogens is 599 g/mol. The van der Waals surface area contributed by atoms with E-state index in [0.29, 0.717) is 22.3 Å². The standard InChI is InChI=1S/C45H27N3O/c1-2-11-28(12-3-1)43-46-44(48-45(47-43)32-22-24-39-38-19-8-9-20-41(38)49-42(39)27-32)31-14-10-13-29(25-31)30-21-23-37-35-17-5-4-15-33(35)34-16-6-7-18-36(34)40(37)26-30/h1-27H/i4D,5D,6D,7D,10D,13D,14D,15D,16D,17D,18D,21D,23D,25D,26D. The van der Waals surface area contributed by atoms with Gasteiger partial charge in [-0.3, -0.25) is 0 Å². The van der Waals surface area contributed by atoms with Crippen LogP contribution in [0, 0.1) is 0 Å². The van der Waals surface area contributed by atoms with Crippen molar-refractivity contribution in [2.45, 2.75) is 0 Å². The predicted octanol–water partition coefficient (Wildman–Crippen LogP) is 11.9. The van der Waals surface area contributed by atoms with Crippen LogP contribution < -0.4 is 0 Å². The molecule has 0 N–H and O–H groups in total. The lowest BCUT2D eigenvalue weighted by Crippen LogP contribution is -2.00. The van der Waals surface area contributed by atoms with E-state index in [4.69, 9.17) is 29.5 Å². The molecule has 2 aromatic heterocycles. The third kappa shape index (κ3) is 4.57. The van der Waals surface area contributed by atoms with Gasteiger partial charge in [-0.2, -0.15) is 0 Å². The Hall–Kier alpha value is -6.65. The fraction of sp³-hybridized carbons (Fsp3) is 0. The number of fused-ring (bicyclic) bond motifs is 9. The van der Waals surface area contributed by atoms with Crippen LogP contribution >= 0.6 is 0 Å². The number of rotatable bonds is 4. The molecule has 0 spiro atoms. The highest BCUT2D eigenvalue weighted by molar-refractivity contribution is 6.25. The van der Waals surface area contributed by atoms with Crippen LogP contribution in [0.5, 0.6) is 0 Å². The summed E-state index contributed by atoms with van der Waals surface area (Å²) in [6, 6.07) is 11.1. The molecule has 0 aliphatic carbocycles. The van der Waals surface area contributed by atoms with Crippen molar-refractivity contribution in [3.63, 3.8) is 0 Å². The van der Waals surface area contributed by atoms with Gasteiger partial charge in [0.05, 0.1) is 20.6 Å². The predicted molar refractivity (Wildman–Crippen MR) is 201 cm³/mol. The Morgan fingerprint density at radius 3 is 1.69 bits per heavy atom. The highest BCUT2D eigenvalue weighted by Crippen LogP contribution is 2.38. The smallest absolute Gasteiger partial charge is 0.164 e. The Balaban J connectivity index is 1.31. The van der Waals surface area contributed by atoms with Crippen LogP contribution in [0.15, 0.2) is 168 Å². The van der Waals surface area contributed by atoms with Crippen LogP contribution in [0.1, 0.15) is 20.6 Å². The van der Waals surface area contributed by atoms with Crippen molar-refractivity contribution in [2.24, 2.45) is 0 Å². The molecule has 0 saturated carbocycles. The first-order chi connectivity index (χ1) is 30.5. The molecule has 0 atom stereocenters. The van der Waals surface area contributed by atoms with Crippen molar-refractivity contribution in [2.75, 3.05) is 0 Å². The Morgan fingerprint density at radius 2 is 0.939 bits per heavy atom. The van der Waals surface area contributed by atoms with Gasteiger partial charge < -0.3 is 4.42 Å². The molecule has 228 valence electrons. The van der Waals surface area contributed by atoms with Gasteiger partial charge in [0, 0.05) is 27.5 Å². The molecule has 0 bridgehead atoms. The first kappa shape index (κ1) is 16.4. The summed E-state index contributed by atoms with van der Waals surface area (Å²) >= 11 is 0. The van der Waals surface area contributed by atoms with Gasteiger partial charge in [0.25, 0.3) is 0 Å². The molecule has 0 aliphatic heterocycles. The topological polar surface area (TPSA) is 51.8 Å². The fourth-order valence-corrected chi connectivity index (χ4v) is 6.06. The molecule has 10 rings (SSSR count). The number of furan rings is 1. The first-order valence-corrected chi connectivity index (χ1v) is 15.2. The van der Waals surface area contributed by atoms with Crippen molar-refractivity contribution in [1.82, 2.24) is 15.0 Å². The average Bonchev–Trinajstić information content (AvgIpc) is 3.68. The molecule has 0 amide bonds. The van der Waals surface area contributed by atoms with E-state index in [2.05, 4.69) is 4.98 Å². The van der Waals surface area contributed by atoms with Crippen LogP contribution in [-0.2, 0) is 0 Å². The molecular formula is C45H27N3O. The Morgan fingerprint density at radius 1 is 0.367 bits per heavy atom. The Bertz CT molecular complexity index is 3700. The van der Waals surface area contributed by atoms with Gasteiger partial charge in [-0.1, -0.05) is 133 Å². The number of hydrogen-bond donors (Lipinski definition) is 0. The van der Waals surface area contributed by atoms with E-state index < -0.39 is 107 Å². The first-order valence-electron chi connectivity index (χ1n) is 22.7. The van der Waals surface area contributed by atoms with Crippen LogP contribution in [0.2, 0.25) is 0 Å². The number of nitrogens with zero attached hydrogens (tertiary/aromatic N) is 3. The quantitative estimate of drug-likeness (QED) is 0.180. The zero-order valence-electron chi connectivity index (χ0n) is 40.2. The summed E-state index contributed by atoms with van der Waals surface area (Å²) in [6.07, 6.45) is 0. The summed E-state index contributed by atoms with van der Waals surface area (Å²) in [5, 5.41) is -0.469. The third-order valence-electron chi connectivity index (χ3n) is 8.34. The normalized spacial score (nSPS) is 16.0. The maximum Gasteiger partial charge on any atom is 0.164 e. The lowest BCUT2D eigenvalue weighted by Gasteiger charge is -2.13.